The largest absolute Gasteiger partial charge is 0.338 e. The Kier molecular flexibility index (Phi) is 6.01. The molecule has 1 N–H and O–H groups in total. The summed E-state index contributed by atoms with van der Waals surface area (Å²) in [7, 11) is -3.93. The van der Waals surface area contributed by atoms with E-state index >= 15 is 0 Å². The SMILES string of the molecule is Cc1ccc(NS(=O)(=O)c2cc(C(=O)N3CCCC(C)C3)ccc2Cl)c(C)c1. The number of benzene rings is 2. The van der Waals surface area contributed by atoms with E-state index in [1.54, 1.807) is 17.0 Å². The lowest BCUT2D eigenvalue weighted by atomic mass is 9.99. The van der Waals surface area contributed by atoms with Crippen LogP contribution in [-0.2, 0) is 10.0 Å². The van der Waals surface area contributed by atoms with Gasteiger partial charge in [-0.15, -0.1) is 0 Å². The Morgan fingerprint density at radius 3 is 2.61 bits per heavy atom. The van der Waals surface area contributed by atoms with Crippen molar-refractivity contribution in [2.24, 2.45) is 5.92 Å². The van der Waals surface area contributed by atoms with Crippen LogP contribution < -0.4 is 4.72 Å². The third-order valence-electron chi connectivity index (χ3n) is 5.04. The number of piperidine rings is 1. The Hall–Kier alpha value is -2.05. The van der Waals surface area contributed by atoms with Crippen LogP contribution in [0.1, 0.15) is 41.3 Å². The first-order valence-electron chi connectivity index (χ1n) is 9.36. The molecule has 28 heavy (non-hydrogen) atoms. The van der Waals surface area contributed by atoms with E-state index in [1.807, 2.05) is 26.0 Å². The second kappa shape index (κ2) is 8.13. The molecule has 7 heteroatoms. The zero-order chi connectivity index (χ0) is 20.5. The molecule has 5 nitrogen and oxygen atoms in total. The summed E-state index contributed by atoms with van der Waals surface area (Å²) in [5, 5.41) is 0.0841. The lowest BCUT2D eigenvalue weighted by Crippen LogP contribution is -2.39. The van der Waals surface area contributed by atoms with Gasteiger partial charge in [-0.3, -0.25) is 9.52 Å². The molecule has 2 aromatic rings. The van der Waals surface area contributed by atoms with Crippen molar-refractivity contribution < 1.29 is 13.2 Å². The lowest BCUT2D eigenvalue weighted by molar-refractivity contribution is 0.0683. The fraction of sp³-hybridized carbons (Fsp3) is 0.381. The fourth-order valence-electron chi connectivity index (χ4n) is 3.53. The third kappa shape index (κ3) is 4.50. The summed E-state index contributed by atoms with van der Waals surface area (Å²) in [6.45, 7) is 7.27. The first-order chi connectivity index (χ1) is 13.2. The number of nitrogens with one attached hydrogen (secondary N) is 1. The van der Waals surface area contributed by atoms with Gasteiger partial charge in [0.2, 0.25) is 0 Å². The average Bonchev–Trinajstić information content (AvgIpc) is 2.63. The summed E-state index contributed by atoms with van der Waals surface area (Å²) in [5.74, 6) is 0.283. The Morgan fingerprint density at radius 1 is 1.18 bits per heavy atom. The van der Waals surface area contributed by atoms with Crippen LogP contribution in [0.5, 0.6) is 0 Å². The van der Waals surface area contributed by atoms with Crippen LogP contribution in [0, 0.1) is 19.8 Å². The van der Waals surface area contributed by atoms with Crippen LogP contribution in [0.15, 0.2) is 41.3 Å². The molecule has 1 aliphatic rings. The number of hydrogen-bond acceptors (Lipinski definition) is 3. The number of carbonyl (C=O) groups is 1. The van der Waals surface area contributed by atoms with Crippen LogP contribution in [0.25, 0.3) is 0 Å². The number of sulfonamides is 1. The molecule has 1 atom stereocenters. The number of aryl methyl sites for hydroxylation is 2. The van der Waals surface area contributed by atoms with Gasteiger partial charge in [0.1, 0.15) is 4.90 Å². The van der Waals surface area contributed by atoms with E-state index in [4.69, 9.17) is 11.6 Å². The molecular weight excluding hydrogens is 396 g/mol. The molecule has 1 saturated heterocycles. The van der Waals surface area contributed by atoms with Gasteiger partial charge in [-0.2, -0.15) is 0 Å². The van der Waals surface area contributed by atoms with Gasteiger partial charge in [0.15, 0.2) is 0 Å². The quantitative estimate of drug-likeness (QED) is 0.784. The normalized spacial score (nSPS) is 17.4. The minimum absolute atomic E-state index is 0.0841. The molecule has 1 amide bonds. The van der Waals surface area contributed by atoms with E-state index in [0.29, 0.717) is 30.3 Å². The molecule has 0 saturated carbocycles. The monoisotopic (exact) mass is 420 g/mol. The number of likely N-dealkylation sites (tertiary alicyclic amines) is 1. The minimum Gasteiger partial charge on any atom is -0.338 e. The second-order valence-corrected chi connectivity index (χ2v) is 9.63. The van der Waals surface area contributed by atoms with Gasteiger partial charge in [0.25, 0.3) is 15.9 Å². The highest BCUT2D eigenvalue weighted by Crippen LogP contribution is 2.28. The lowest BCUT2D eigenvalue weighted by Gasteiger charge is -2.31. The Balaban J connectivity index is 1.90. The van der Waals surface area contributed by atoms with E-state index in [1.165, 1.54) is 12.1 Å². The van der Waals surface area contributed by atoms with E-state index in [-0.39, 0.29) is 15.8 Å². The maximum absolute atomic E-state index is 12.9. The van der Waals surface area contributed by atoms with Crippen molar-refractivity contribution in [3.05, 3.63) is 58.1 Å². The van der Waals surface area contributed by atoms with Gasteiger partial charge < -0.3 is 4.90 Å². The molecule has 0 aliphatic carbocycles. The number of nitrogens with zero attached hydrogens (tertiary/aromatic N) is 1. The predicted octanol–water partition coefficient (Wildman–Crippen LogP) is 4.63. The maximum atomic E-state index is 12.9. The van der Waals surface area contributed by atoms with E-state index in [0.717, 1.165) is 24.0 Å². The first kappa shape index (κ1) is 20.7. The van der Waals surface area contributed by atoms with Gasteiger partial charge in [0.05, 0.1) is 10.7 Å². The Bertz CT molecular complexity index is 1000. The number of amides is 1. The van der Waals surface area contributed by atoms with Gasteiger partial charge in [0, 0.05) is 18.7 Å². The zero-order valence-corrected chi connectivity index (χ0v) is 17.9. The average molecular weight is 421 g/mol. The summed E-state index contributed by atoms with van der Waals surface area (Å²) in [5.41, 5.74) is 2.68. The molecule has 1 aliphatic heterocycles. The van der Waals surface area contributed by atoms with Gasteiger partial charge in [-0.1, -0.05) is 36.2 Å². The van der Waals surface area contributed by atoms with Crippen LogP contribution >= 0.6 is 11.6 Å². The van der Waals surface area contributed by atoms with E-state index < -0.39 is 10.0 Å². The van der Waals surface area contributed by atoms with Crippen LogP contribution in [0.4, 0.5) is 5.69 Å². The van der Waals surface area contributed by atoms with Crippen molar-refractivity contribution in [3.8, 4) is 0 Å². The van der Waals surface area contributed by atoms with Crippen LogP contribution in [0.3, 0.4) is 0 Å². The summed E-state index contributed by atoms with van der Waals surface area (Å²) in [6.07, 6.45) is 2.06. The molecule has 1 heterocycles. The van der Waals surface area contributed by atoms with Crippen molar-refractivity contribution in [3.63, 3.8) is 0 Å². The highest BCUT2D eigenvalue weighted by molar-refractivity contribution is 7.92. The van der Waals surface area contributed by atoms with Crippen molar-refractivity contribution in [1.82, 2.24) is 4.90 Å². The first-order valence-corrected chi connectivity index (χ1v) is 11.2. The third-order valence-corrected chi connectivity index (χ3v) is 6.89. The Morgan fingerprint density at radius 2 is 1.93 bits per heavy atom. The van der Waals surface area contributed by atoms with Gasteiger partial charge in [-0.25, -0.2) is 8.42 Å². The predicted molar refractivity (Wildman–Crippen MR) is 112 cm³/mol. The zero-order valence-electron chi connectivity index (χ0n) is 16.3. The highest BCUT2D eigenvalue weighted by Gasteiger charge is 2.25. The number of anilines is 1. The number of rotatable bonds is 4. The summed E-state index contributed by atoms with van der Waals surface area (Å²) in [4.78, 5) is 14.5. The van der Waals surface area contributed by atoms with Crippen molar-refractivity contribution >= 4 is 33.2 Å². The maximum Gasteiger partial charge on any atom is 0.263 e. The van der Waals surface area contributed by atoms with Gasteiger partial charge >= 0.3 is 0 Å². The van der Waals surface area contributed by atoms with Crippen molar-refractivity contribution in [1.29, 1.82) is 0 Å². The summed E-state index contributed by atoms with van der Waals surface area (Å²) < 4.78 is 28.5. The highest BCUT2D eigenvalue weighted by atomic mass is 35.5. The van der Waals surface area contributed by atoms with Crippen molar-refractivity contribution in [2.75, 3.05) is 17.8 Å². The van der Waals surface area contributed by atoms with E-state index in [9.17, 15) is 13.2 Å². The topological polar surface area (TPSA) is 66.5 Å². The standard InChI is InChI=1S/C21H25ClN2O3S/c1-14-6-9-19(16(3)11-14)23-28(26,27)20-12-17(7-8-18(20)22)21(25)24-10-4-5-15(2)13-24/h6-9,11-12,15,23H,4-5,10,13H2,1-3H3. The molecule has 1 fully saturated rings. The van der Waals surface area contributed by atoms with E-state index in [2.05, 4.69) is 11.6 Å². The molecule has 0 bridgehead atoms. The van der Waals surface area contributed by atoms with Gasteiger partial charge in [-0.05, 0) is 62.4 Å². The number of carbonyl (C=O) groups excluding carboxylic acids is 1. The molecule has 0 aromatic heterocycles. The smallest absolute Gasteiger partial charge is 0.263 e. The molecule has 150 valence electrons. The number of hydrogen-bond donors (Lipinski definition) is 1. The Labute approximate surface area is 171 Å². The minimum atomic E-state index is -3.93. The molecule has 2 aromatic carbocycles. The summed E-state index contributed by atoms with van der Waals surface area (Å²) >= 11 is 6.18. The molecule has 1 unspecified atom stereocenters. The fourth-order valence-corrected chi connectivity index (χ4v) is 5.18. The molecule has 0 radical (unpaired) electrons. The molecule has 0 spiro atoms. The number of halogens is 1. The summed E-state index contributed by atoms with van der Waals surface area (Å²) in [6, 6.07) is 9.88. The molecule has 3 rings (SSSR count). The van der Waals surface area contributed by atoms with Crippen LogP contribution in [-0.4, -0.2) is 32.3 Å². The second-order valence-electron chi connectivity index (χ2n) is 7.57. The molecular formula is C21H25ClN2O3S. The van der Waals surface area contributed by atoms with Crippen molar-refractivity contribution in [2.45, 2.75) is 38.5 Å². The van der Waals surface area contributed by atoms with Crippen LogP contribution in [0.2, 0.25) is 5.02 Å².